The van der Waals surface area contributed by atoms with Crippen molar-refractivity contribution in [3.63, 3.8) is 0 Å². The van der Waals surface area contributed by atoms with Gasteiger partial charge in [-0.3, -0.25) is 4.90 Å². The molecule has 0 amide bonds. The molecule has 0 aliphatic heterocycles. The quantitative estimate of drug-likeness (QED) is 0.786. The molecular formula is C11H16ClNO2. The van der Waals surface area contributed by atoms with E-state index in [1.54, 1.807) is 4.90 Å². The fourth-order valence-corrected chi connectivity index (χ4v) is 1.53. The van der Waals surface area contributed by atoms with Crippen LogP contribution in [-0.4, -0.2) is 30.4 Å². The van der Waals surface area contributed by atoms with Crippen LogP contribution in [0.2, 0.25) is 5.02 Å². The van der Waals surface area contributed by atoms with Crippen molar-refractivity contribution in [1.29, 1.82) is 0 Å². The van der Waals surface area contributed by atoms with Crippen LogP contribution in [0.15, 0.2) is 18.2 Å². The molecule has 0 bridgehead atoms. The van der Waals surface area contributed by atoms with Gasteiger partial charge in [-0.25, -0.2) is 0 Å². The minimum Gasteiger partial charge on any atom is -0.492 e. The van der Waals surface area contributed by atoms with Crippen LogP contribution in [0.25, 0.3) is 0 Å². The maximum atomic E-state index is 8.87. The van der Waals surface area contributed by atoms with E-state index in [4.69, 9.17) is 21.4 Å². The number of hydrogen-bond acceptors (Lipinski definition) is 3. The van der Waals surface area contributed by atoms with Crippen LogP contribution < -0.4 is 4.74 Å². The van der Waals surface area contributed by atoms with E-state index < -0.39 is 0 Å². The van der Waals surface area contributed by atoms with Gasteiger partial charge in [-0.2, -0.15) is 0 Å². The number of ether oxygens (including phenoxy) is 1. The second-order valence-corrected chi connectivity index (χ2v) is 3.76. The molecular weight excluding hydrogens is 214 g/mol. The molecule has 0 heterocycles. The van der Waals surface area contributed by atoms with Gasteiger partial charge in [0.15, 0.2) is 0 Å². The molecule has 0 aliphatic rings. The second-order valence-electron chi connectivity index (χ2n) is 3.35. The SMILES string of the molecule is CCOc1ccc(CN(C)CO)cc1Cl. The van der Waals surface area contributed by atoms with Crippen LogP contribution in [0.5, 0.6) is 5.75 Å². The smallest absolute Gasteiger partial charge is 0.137 e. The van der Waals surface area contributed by atoms with Crippen molar-refractivity contribution < 1.29 is 9.84 Å². The average Bonchev–Trinajstić information content (AvgIpc) is 2.22. The number of benzene rings is 1. The Morgan fingerprint density at radius 3 is 2.73 bits per heavy atom. The minimum absolute atomic E-state index is 0.0326. The molecule has 15 heavy (non-hydrogen) atoms. The molecule has 0 spiro atoms. The molecule has 0 aromatic heterocycles. The Morgan fingerprint density at radius 2 is 2.20 bits per heavy atom. The highest BCUT2D eigenvalue weighted by Crippen LogP contribution is 2.25. The van der Waals surface area contributed by atoms with Crippen LogP contribution in [-0.2, 0) is 6.54 Å². The monoisotopic (exact) mass is 229 g/mol. The first-order valence-corrected chi connectivity index (χ1v) is 5.25. The molecule has 4 heteroatoms. The van der Waals surface area contributed by atoms with E-state index >= 15 is 0 Å². The van der Waals surface area contributed by atoms with Crippen molar-refractivity contribution >= 4 is 11.6 Å². The van der Waals surface area contributed by atoms with E-state index in [1.807, 2.05) is 32.2 Å². The van der Waals surface area contributed by atoms with Gasteiger partial charge < -0.3 is 9.84 Å². The second kappa shape index (κ2) is 5.95. The Hall–Kier alpha value is -0.770. The van der Waals surface area contributed by atoms with Gasteiger partial charge in [0, 0.05) is 6.54 Å². The molecule has 1 aromatic rings. The number of rotatable bonds is 5. The number of halogens is 1. The molecule has 0 unspecified atom stereocenters. The highest BCUT2D eigenvalue weighted by molar-refractivity contribution is 6.32. The van der Waals surface area contributed by atoms with Gasteiger partial charge in [0.25, 0.3) is 0 Å². The fourth-order valence-electron chi connectivity index (χ4n) is 1.28. The van der Waals surface area contributed by atoms with Crippen LogP contribution in [0, 0.1) is 0 Å². The van der Waals surface area contributed by atoms with Crippen molar-refractivity contribution in [3.8, 4) is 5.75 Å². The van der Waals surface area contributed by atoms with E-state index in [9.17, 15) is 0 Å². The molecule has 84 valence electrons. The van der Waals surface area contributed by atoms with Crippen LogP contribution in [0.4, 0.5) is 0 Å². The fraction of sp³-hybridized carbons (Fsp3) is 0.455. The average molecular weight is 230 g/mol. The molecule has 0 aliphatic carbocycles. The summed E-state index contributed by atoms with van der Waals surface area (Å²) in [7, 11) is 1.84. The third-order valence-electron chi connectivity index (χ3n) is 1.99. The van der Waals surface area contributed by atoms with Crippen molar-refractivity contribution in [3.05, 3.63) is 28.8 Å². The van der Waals surface area contributed by atoms with Crippen molar-refractivity contribution in [2.75, 3.05) is 20.4 Å². The van der Waals surface area contributed by atoms with Gasteiger partial charge >= 0.3 is 0 Å². The van der Waals surface area contributed by atoms with Crippen LogP contribution in [0.1, 0.15) is 12.5 Å². The number of aliphatic hydroxyl groups excluding tert-OH is 1. The zero-order valence-electron chi connectivity index (χ0n) is 9.03. The van der Waals surface area contributed by atoms with E-state index in [0.717, 1.165) is 5.56 Å². The van der Waals surface area contributed by atoms with Gasteiger partial charge in [-0.05, 0) is 31.7 Å². The third kappa shape index (κ3) is 3.70. The van der Waals surface area contributed by atoms with Gasteiger partial charge in [-0.15, -0.1) is 0 Å². The first kappa shape index (κ1) is 12.3. The van der Waals surface area contributed by atoms with Crippen molar-refractivity contribution in [2.24, 2.45) is 0 Å². The molecule has 0 atom stereocenters. The molecule has 0 fully saturated rings. The Balaban J connectivity index is 2.73. The highest BCUT2D eigenvalue weighted by atomic mass is 35.5. The summed E-state index contributed by atoms with van der Waals surface area (Å²) < 4.78 is 5.33. The minimum atomic E-state index is 0.0326. The van der Waals surface area contributed by atoms with Gasteiger partial charge in [0.05, 0.1) is 18.4 Å². The Labute approximate surface area is 95.2 Å². The van der Waals surface area contributed by atoms with Crippen molar-refractivity contribution in [2.45, 2.75) is 13.5 Å². The molecule has 0 saturated carbocycles. The zero-order chi connectivity index (χ0) is 11.3. The summed E-state index contributed by atoms with van der Waals surface area (Å²) >= 11 is 6.03. The lowest BCUT2D eigenvalue weighted by Gasteiger charge is -2.14. The first-order chi connectivity index (χ1) is 7.17. The Bertz CT molecular complexity index is 317. The Kier molecular flexibility index (Phi) is 4.88. The lowest BCUT2D eigenvalue weighted by molar-refractivity contribution is 0.127. The predicted molar refractivity (Wildman–Crippen MR) is 61.2 cm³/mol. The number of aliphatic hydroxyl groups is 1. The molecule has 3 nitrogen and oxygen atoms in total. The summed E-state index contributed by atoms with van der Waals surface area (Å²) in [6, 6.07) is 5.66. The first-order valence-electron chi connectivity index (χ1n) is 4.88. The largest absolute Gasteiger partial charge is 0.492 e. The standard InChI is InChI=1S/C11H16ClNO2/c1-3-15-11-5-4-9(6-10(11)12)7-13(2)8-14/h4-6,14H,3,7-8H2,1-2H3. The summed E-state index contributed by atoms with van der Waals surface area (Å²) in [6.45, 7) is 3.23. The number of nitrogens with zero attached hydrogens (tertiary/aromatic N) is 1. The maximum Gasteiger partial charge on any atom is 0.137 e. The summed E-state index contributed by atoms with van der Waals surface area (Å²) in [6.07, 6.45) is 0. The Morgan fingerprint density at radius 1 is 1.47 bits per heavy atom. The van der Waals surface area contributed by atoms with Gasteiger partial charge in [-0.1, -0.05) is 17.7 Å². The highest BCUT2D eigenvalue weighted by Gasteiger charge is 2.04. The van der Waals surface area contributed by atoms with E-state index in [2.05, 4.69) is 0 Å². The maximum absolute atomic E-state index is 8.87. The van der Waals surface area contributed by atoms with E-state index in [-0.39, 0.29) is 6.73 Å². The number of hydrogen-bond donors (Lipinski definition) is 1. The molecule has 1 rings (SSSR count). The zero-order valence-corrected chi connectivity index (χ0v) is 9.79. The molecule has 1 aromatic carbocycles. The summed E-state index contributed by atoms with van der Waals surface area (Å²) in [4.78, 5) is 1.78. The topological polar surface area (TPSA) is 32.7 Å². The summed E-state index contributed by atoms with van der Waals surface area (Å²) in [5.74, 6) is 0.703. The van der Waals surface area contributed by atoms with Crippen LogP contribution >= 0.6 is 11.6 Å². The van der Waals surface area contributed by atoms with Gasteiger partial charge in [0.2, 0.25) is 0 Å². The summed E-state index contributed by atoms with van der Waals surface area (Å²) in [5.41, 5.74) is 1.06. The van der Waals surface area contributed by atoms with E-state index in [1.165, 1.54) is 0 Å². The lowest BCUT2D eigenvalue weighted by atomic mass is 10.2. The van der Waals surface area contributed by atoms with Crippen LogP contribution in [0.3, 0.4) is 0 Å². The predicted octanol–water partition coefficient (Wildman–Crippen LogP) is 2.12. The van der Waals surface area contributed by atoms with Crippen molar-refractivity contribution in [1.82, 2.24) is 4.90 Å². The molecule has 1 N–H and O–H groups in total. The molecule has 0 radical (unpaired) electrons. The third-order valence-corrected chi connectivity index (χ3v) is 2.29. The summed E-state index contributed by atoms with van der Waals surface area (Å²) in [5, 5.41) is 9.48. The van der Waals surface area contributed by atoms with Gasteiger partial charge in [0.1, 0.15) is 5.75 Å². The molecule has 0 saturated heterocycles. The lowest BCUT2D eigenvalue weighted by Crippen LogP contribution is -2.18. The normalized spacial score (nSPS) is 10.7. The van der Waals surface area contributed by atoms with E-state index in [0.29, 0.717) is 23.9 Å².